The largest absolute Gasteiger partial charge is 0.346 e. The molecule has 1 spiro atoms. The fourth-order valence-electron chi connectivity index (χ4n) is 9.00. The normalized spacial score (nSPS) is 23.3. The molecule has 13 heteroatoms. The lowest BCUT2D eigenvalue weighted by atomic mass is 9.76. The number of carbonyl (C=O) groups is 7. The first-order chi connectivity index (χ1) is 26.0. The lowest BCUT2D eigenvalue weighted by Crippen LogP contribution is -2.61. The summed E-state index contributed by atoms with van der Waals surface area (Å²) in [7, 11) is 0. The molecule has 0 aromatic carbocycles. The number of amides is 7. The number of hydrogen-bond acceptors (Lipinski definition) is 7. The van der Waals surface area contributed by atoms with Gasteiger partial charge in [0.2, 0.25) is 29.4 Å². The predicted molar refractivity (Wildman–Crippen MR) is 210 cm³/mol. The number of Topliss-reactive ketones (excluding diaryl/α,β-unsaturated/α-hetero) is 1. The molecule has 2 aliphatic carbocycles. The van der Waals surface area contributed by atoms with E-state index in [0.717, 1.165) is 64.2 Å². The molecule has 0 bridgehead atoms. The Labute approximate surface area is 328 Å². The van der Waals surface area contributed by atoms with E-state index in [1.165, 1.54) is 11.0 Å². The summed E-state index contributed by atoms with van der Waals surface area (Å²) >= 11 is 0. The van der Waals surface area contributed by atoms with Crippen LogP contribution in [0, 0.1) is 28.6 Å². The zero-order valence-electron chi connectivity index (χ0n) is 34.3. The van der Waals surface area contributed by atoms with E-state index in [1.807, 2.05) is 41.5 Å². The lowest BCUT2D eigenvalue weighted by Gasteiger charge is -2.41. The van der Waals surface area contributed by atoms with Gasteiger partial charge in [0, 0.05) is 32.5 Å². The standard InChI is InChI=1S/C42H68N6O7/c1-8-10-18-30(36(51)38(53)43-21-9-2)44-37(52)31-22-29(27(3)4)25-47(31)39(54)35(28-16-12-11-13-17-28)46-40(55)45-32(41(5,6)7)26-48-33(49)23-42(24-34(48)50)19-14-15-20-42/h9,27-32,35H,2,8,10-26H2,1,3-7H3,(H,43,53)(H,44,52)(H2,45,46,55)/t29?,30?,31-,32+,35-/m0/s1. The molecule has 0 radical (unpaired) electrons. The first-order valence-electron chi connectivity index (χ1n) is 20.9. The Bertz CT molecular complexity index is 1410. The second kappa shape index (κ2) is 19.4. The molecule has 4 fully saturated rings. The van der Waals surface area contributed by atoms with Crippen molar-refractivity contribution in [1.82, 2.24) is 31.1 Å². The summed E-state index contributed by atoms with van der Waals surface area (Å²) in [6.45, 7) is 15.9. The van der Waals surface area contributed by atoms with E-state index in [2.05, 4.69) is 27.8 Å². The Hall–Kier alpha value is -3.77. The summed E-state index contributed by atoms with van der Waals surface area (Å²) in [5.41, 5.74) is -0.757. The molecular weight excluding hydrogens is 700 g/mol. The predicted octanol–water partition coefficient (Wildman–Crippen LogP) is 4.78. The Morgan fingerprint density at radius 2 is 1.55 bits per heavy atom. The fourth-order valence-corrected chi connectivity index (χ4v) is 9.00. The van der Waals surface area contributed by atoms with Crippen LogP contribution in [0.5, 0.6) is 0 Å². The number of piperidine rings is 1. The van der Waals surface area contributed by atoms with E-state index in [9.17, 15) is 33.6 Å². The van der Waals surface area contributed by atoms with E-state index in [4.69, 9.17) is 0 Å². The van der Waals surface area contributed by atoms with Crippen LogP contribution in [0.15, 0.2) is 12.7 Å². The number of carbonyl (C=O) groups excluding carboxylic acids is 7. The number of ketones is 1. The van der Waals surface area contributed by atoms with Gasteiger partial charge in [-0.05, 0) is 67.1 Å². The summed E-state index contributed by atoms with van der Waals surface area (Å²) in [5.74, 6) is -2.74. The van der Waals surface area contributed by atoms with Crippen LogP contribution in [0.4, 0.5) is 4.79 Å². The molecule has 7 amide bonds. The number of likely N-dealkylation sites (tertiary alicyclic amines) is 2. The number of imide groups is 1. The molecule has 4 N–H and O–H groups in total. The smallest absolute Gasteiger partial charge is 0.315 e. The SMILES string of the molecule is C=CCNC(=O)C(=O)C(CCCC)NC(=O)[C@@H]1CC(C(C)C)CN1C(=O)[C@@H](NC(=O)N[C@H](CN1C(=O)CC2(CCCC2)CC1=O)C(C)(C)C)C1CCCCC1. The zero-order chi connectivity index (χ0) is 40.5. The Kier molecular flexibility index (Phi) is 15.5. The number of nitrogens with one attached hydrogen (secondary N) is 4. The van der Waals surface area contributed by atoms with Crippen LogP contribution in [0.2, 0.25) is 0 Å². The summed E-state index contributed by atoms with van der Waals surface area (Å²) in [4.78, 5) is 98.3. The molecule has 0 aromatic rings. The monoisotopic (exact) mass is 769 g/mol. The van der Waals surface area contributed by atoms with E-state index in [0.29, 0.717) is 32.2 Å². The number of hydrogen-bond donors (Lipinski definition) is 4. The molecule has 4 aliphatic rings. The molecule has 2 heterocycles. The van der Waals surface area contributed by atoms with Crippen LogP contribution in [0.25, 0.3) is 0 Å². The maximum atomic E-state index is 14.8. The van der Waals surface area contributed by atoms with Gasteiger partial charge in [-0.1, -0.05) is 92.6 Å². The summed E-state index contributed by atoms with van der Waals surface area (Å²) in [6, 6.07) is -3.99. The minimum atomic E-state index is -1.04. The maximum absolute atomic E-state index is 14.8. The topological polar surface area (TPSA) is 174 Å². The van der Waals surface area contributed by atoms with E-state index >= 15 is 0 Å². The van der Waals surface area contributed by atoms with Crippen molar-refractivity contribution in [2.24, 2.45) is 28.6 Å². The van der Waals surface area contributed by atoms with Gasteiger partial charge in [-0.15, -0.1) is 6.58 Å². The van der Waals surface area contributed by atoms with Gasteiger partial charge < -0.3 is 26.2 Å². The average molecular weight is 769 g/mol. The minimum absolute atomic E-state index is 0.00877. The van der Waals surface area contributed by atoms with Crippen molar-refractivity contribution in [1.29, 1.82) is 0 Å². The third kappa shape index (κ3) is 11.4. The molecule has 2 saturated carbocycles. The lowest BCUT2D eigenvalue weighted by molar-refractivity contribution is -0.154. The van der Waals surface area contributed by atoms with Crippen molar-refractivity contribution < 1.29 is 33.6 Å². The summed E-state index contributed by atoms with van der Waals surface area (Å²) in [5, 5.41) is 11.4. The van der Waals surface area contributed by atoms with Gasteiger partial charge in [0.25, 0.3) is 5.91 Å². The molecule has 2 saturated heterocycles. The van der Waals surface area contributed by atoms with E-state index < -0.39 is 53.2 Å². The minimum Gasteiger partial charge on any atom is -0.346 e. The van der Waals surface area contributed by atoms with Gasteiger partial charge in [0.1, 0.15) is 12.1 Å². The molecule has 5 atom stereocenters. The highest BCUT2D eigenvalue weighted by Gasteiger charge is 2.48. The van der Waals surface area contributed by atoms with Gasteiger partial charge in [0.15, 0.2) is 0 Å². The molecule has 0 aromatic heterocycles. The van der Waals surface area contributed by atoms with Gasteiger partial charge in [-0.3, -0.25) is 33.7 Å². The number of unbranched alkanes of at least 4 members (excludes halogenated alkanes) is 1. The van der Waals surface area contributed by atoms with E-state index in [-0.39, 0.29) is 60.4 Å². The summed E-state index contributed by atoms with van der Waals surface area (Å²) < 4.78 is 0. The number of rotatable bonds is 16. The molecule has 2 unspecified atom stereocenters. The molecule has 55 heavy (non-hydrogen) atoms. The van der Waals surface area contributed by atoms with Crippen molar-refractivity contribution in [2.45, 2.75) is 162 Å². The van der Waals surface area contributed by atoms with Gasteiger partial charge in [-0.25, -0.2) is 4.79 Å². The first-order valence-corrected chi connectivity index (χ1v) is 20.9. The van der Waals surface area contributed by atoms with Crippen LogP contribution < -0.4 is 21.3 Å². The second-order valence-corrected chi connectivity index (χ2v) is 18.2. The molecule has 13 nitrogen and oxygen atoms in total. The van der Waals surface area contributed by atoms with Crippen molar-refractivity contribution >= 4 is 41.4 Å². The zero-order valence-corrected chi connectivity index (χ0v) is 34.3. The van der Waals surface area contributed by atoms with Gasteiger partial charge >= 0.3 is 6.03 Å². The van der Waals surface area contributed by atoms with Crippen LogP contribution in [-0.2, 0) is 28.8 Å². The molecule has 2 aliphatic heterocycles. The third-order valence-electron chi connectivity index (χ3n) is 12.7. The Balaban J connectivity index is 1.54. The number of nitrogens with zero attached hydrogens (tertiary/aromatic N) is 2. The number of urea groups is 1. The van der Waals surface area contributed by atoms with Crippen LogP contribution in [-0.4, -0.2) is 95.0 Å². The van der Waals surface area contributed by atoms with Crippen molar-refractivity contribution in [3.8, 4) is 0 Å². The van der Waals surface area contributed by atoms with Gasteiger partial charge in [0.05, 0.1) is 12.1 Å². The first kappa shape index (κ1) is 44.0. The quantitative estimate of drug-likeness (QED) is 0.0994. The van der Waals surface area contributed by atoms with Crippen molar-refractivity contribution in [3.05, 3.63) is 12.7 Å². The highest BCUT2D eigenvalue weighted by atomic mass is 16.2. The highest BCUT2D eigenvalue weighted by Crippen LogP contribution is 2.47. The van der Waals surface area contributed by atoms with Crippen LogP contribution in [0.1, 0.15) is 138 Å². The maximum Gasteiger partial charge on any atom is 0.315 e. The van der Waals surface area contributed by atoms with Crippen molar-refractivity contribution in [2.75, 3.05) is 19.6 Å². The molecular formula is C42H68N6O7. The second-order valence-electron chi connectivity index (χ2n) is 18.2. The third-order valence-corrected chi connectivity index (χ3v) is 12.7. The molecule has 4 rings (SSSR count). The Morgan fingerprint density at radius 3 is 2.11 bits per heavy atom. The van der Waals surface area contributed by atoms with Crippen molar-refractivity contribution in [3.63, 3.8) is 0 Å². The highest BCUT2D eigenvalue weighted by molar-refractivity contribution is 6.38. The average Bonchev–Trinajstić information content (AvgIpc) is 3.79. The fraction of sp³-hybridized carbons (Fsp3) is 0.786. The summed E-state index contributed by atoms with van der Waals surface area (Å²) in [6.07, 6.45) is 12.4. The van der Waals surface area contributed by atoms with Crippen LogP contribution >= 0.6 is 0 Å². The van der Waals surface area contributed by atoms with E-state index in [1.54, 1.807) is 4.90 Å². The van der Waals surface area contributed by atoms with Gasteiger partial charge in [-0.2, -0.15) is 0 Å². The van der Waals surface area contributed by atoms with Crippen LogP contribution in [0.3, 0.4) is 0 Å². The Morgan fingerprint density at radius 1 is 0.909 bits per heavy atom. The molecule has 308 valence electrons.